The summed E-state index contributed by atoms with van der Waals surface area (Å²) in [5.74, 6) is -2.67. The Hall–Kier alpha value is -3.59. The number of hydrogen-bond donors (Lipinski definition) is 1. The molecule has 3 fully saturated rings. The summed E-state index contributed by atoms with van der Waals surface area (Å²) >= 11 is 0. The van der Waals surface area contributed by atoms with Gasteiger partial charge in [0.2, 0.25) is 17.7 Å². The number of nitrogens with zero attached hydrogens (tertiary/aromatic N) is 3. The van der Waals surface area contributed by atoms with Crippen LogP contribution < -0.4 is 10.2 Å². The number of imide groups is 1. The van der Waals surface area contributed by atoms with Gasteiger partial charge in [0.15, 0.2) is 0 Å². The first-order valence-electron chi connectivity index (χ1n) is 11.1. The molecule has 9 nitrogen and oxygen atoms in total. The highest BCUT2D eigenvalue weighted by Gasteiger charge is 2.74. The van der Waals surface area contributed by atoms with E-state index in [0.717, 1.165) is 40.1 Å². The first kappa shape index (κ1) is 20.0. The number of nitrogens with one attached hydrogen (secondary N) is 1. The van der Waals surface area contributed by atoms with Gasteiger partial charge in [-0.2, -0.15) is 0 Å². The lowest BCUT2D eigenvalue weighted by atomic mass is 9.75. The first-order valence-corrected chi connectivity index (χ1v) is 11.1. The summed E-state index contributed by atoms with van der Waals surface area (Å²) in [6, 6.07) is 9.18. The van der Waals surface area contributed by atoms with Gasteiger partial charge in [-0.1, -0.05) is 18.2 Å². The molecule has 4 aliphatic rings. The van der Waals surface area contributed by atoms with E-state index in [2.05, 4.69) is 10.2 Å². The summed E-state index contributed by atoms with van der Waals surface area (Å²) in [4.78, 5) is 55.2. The van der Waals surface area contributed by atoms with Crippen LogP contribution in [0.1, 0.15) is 29.5 Å². The van der Waals surface area contributed by atoms with E-state index in [0.29, 0.717) is 6.54 Å². The van der Waals surface area contributed by atoms with Crippen LogP contribution in [0.15, 0.2) is 36.4 Å². The molecule has 0 aromatic heterocycles. The number of amides is 3. The number of carbonyl (C=O) groups excluding carboxylic acids is 3. The van der Waals surface area contributed by atoms with Crippen molar-refractivity contribution in [2.24, 2.45) is 11.8 Å². The van der Waals surface area contributed by atoms with Crippen molar-refractivity contribution in [2.45, 2.75) is 38.3 Å². The van der Waals surface area contributed by atoms with Gasteiger partial charge in [0.25, 0.3) is 5.69 Å². The van der Waals surface area contributed by atoms with E-state index >= 15 is 0 Å². The van der Waals surface area contributed by atoms with Crippen LogP contribution in [0, 0.1) is 35.8 Å². The molecule has 0 aliphatic carbocycles. The van der Waals surface area contributed by atoms with Crippen molar-refractivity contribution < 1.29 is 19.3 Å². The lowest BCUT2D eigenvalue weighted by Crippen LogP contribution is -2.54. The monoisotopic (exact) mass is 446 g/mol. The first-order chi connectivity index (χ1) is 15.8. The van der Waals surface area contributed by atoms with Crippen LogP contribution in [0.3, 0.4) is 0 Å². The molecule has 1 N–H and O–H groups in total. The van der Waals surface area contributed by atoms with Crippen LogP contribution in [0.4, 0.5) is 17.1 Å². The predicted molar refractivity (Wildman–Crippen MR) is 119 cm³/mol. The second kappa shape index (κ2) is 6.48. The van der Waals surface area contributed by atoms with Crippen LogP contribution >= 0.6 is 0 Å². The maximum atomic E-state index is 13.9. The molecule has 4 aliphatic heterocycles. The van der Waals surface area contributed by atoms with E-state index < -0.39 is 28.2 Å². The fourth-order valence-electron chi connectivity index (χ4n) is 6.52. The summed E-state index contributed by atoms with van der Waals surface area (Å²) in [6.07, 6.45) is 1.56. The number of benzene rings is 2. The third-order valence-electron chi connectivity index (χ3n) is 8.00. The average molecular weight is 446 g/mol. The summed E-state index contributed by atoms with van der Waals surface area (Å²) in [5.41, 5.74) is 2.18. The number of nitro groups is 1. The summed E-state index contributed by atoms with van der Waals surface area (Å²) in [5, 5.41) is 14.3. The second-order valence-electron chi connectivity index (χ2n) is 9.35. The normalized spacial score (nSPS) is 30.1. The summed E-state index contributed by atoms with van der Waals surface area (Å²) in [6.45, 7) is 4.55. The fraction of sp³-hybridized carbons (Fsp3) is 0.375. The minimum Gasteiger partial charge on any atom is -0.324 e. The van der Waals surface area contributed by atoms with Crippen molar-refractivity contribution in [3.8, 4) is 0 Å². The van der Waals surface area contributed by atoms with Gasteiger partial charge in [-0.05, 0) is 50.4 Å². The van der Waals surface area contributed by atoms with Crippen LogP contribution in [0.25, 0.3) is 0 Å². The molecule has 6 rings (SSSR count). The maximum Gasteiger partial charge on any atom is 0.271 e. The zero-order valence-electron chi connectivity index (χ0n) is 18.2. The van der Waals surface area contributed by atoms with Crippen molar-refractivity contribution >= 4 is 34.8 Å². The van der Waals surface area contributed by atoms with Crippen molar-refractivity contribution in [3.05, 3.63) is 63.2 Å². The van der Waals surface area contributed by atoms with Gasteiger partial charge in [0.1, 0.15) is 5.54 Å². The number of aryl methyl sites for hydroxylation is 1. The highest BCUT2D eigenvalue weighted by atomic mass is 16.6. The molecule has 4 atom stereocenters. The number of non-ortho nitro benzene ring substituents is 1. The zero-order chi connectivity index (χ0) is 23.2. The third kappa shape index (κ3) is 2.27. The summed E-state index contributed by atoms with van der Waals surface area (Å²) in [7, 11) is 0. The number of hydrogen-bond acceptors (Lipinski definition) is 6. The van der Waals surface area contributed by atoms with Crippen LogP contribution in [-0.4, -0.2) is 40.1 Å². The van der Waals surface area contributed by atoms with Gasteiger partial charge >= 0.3 is 0 Å². The van der Waals surface area contributed by atoms with Crippen LogP contribution in [0.2, 0.25) is 0 Å². The Bertz CT molecular complexity index is 1290. The molecule has 0 unspecified atom stereocenters. The van der Waals surface area contributed by atoms with E-state index in [1.165, 1.54) is 24.3 Å². The van der Waals surface area contributed by atoms with Gasteiger partial charge in [0.05, 0.1) is 22.4 Å². The van der Waals surface area contributed by atoms with Crippen molar-refractivity contribution in [3.63, 3.8) is 0 Å². The van der Waals surface area contributed by atoms with Gasteiger partial charge < -0.3 is 5.32 Å². The highest BCUT2D eigenvalue weighted by molar-refractivity contribution is 6.26. The lowest BCUT2D eigenvalue weighted by Gasteiger charge is -2.36. The lowest BCUT2D eigenvalue weighted by molar-refractivity contribution is -0.384. The smallest absolute Gasteiger partial charge is 0.271 e. The minimum absolute atomic E-state index is 0.173. The Labute approximate surface area is 189 Å². The molecule has 0 bridgehead atoms. The molecule has 2 aromatic carbocycles. The molecule has 3 amide bonds. The third-order valence-corrected chi connectivity index (χ3v) is 8.00. The molecule has 33 heavy (non-hydrogen) atoms. The molecular formula is C24H22N4O5. The van der Waals surface area contributed by atoms with E-state index in [4.69, 9.17) is 0 Å². The molecule has 4 heterocycles. The number of carbonyl (C=O) groups is 3. The molecule has 0 saturated carbocycles. The molecular weight excluding hydrogens is 424 g/mol. The van der Waals surface area contributed by atoms with E-state index in [-0.39, 0.29) is 29.2 Å². The second-order valence-corrected chi connectivity index (χ2v) is 9.35. The van der Waals surface area contributed by atoms with Crippen LogP contribution in [0.5, 0.6) is 0 Å². The van der Waals surface area contributed by atoms with Crippen molar-refractivity contribution in [1.82, 2.24) is 4.90 Å². The largest absolute Gasteiger partial charge is 0.324 e. The van der Waals surface area contributed by atoms with Gasteiger partial charge in [-0.15, -0.1) is 0 Å². The zero-order valence-corrected chi connectivity index (χ0v) is 18.2. The van der Waals surface area contributed by atoms with Crippen molar-refractivity contribution in [2.75, 3.05) is 16.8 Å². The van der Waals surface area contributed by atoms with Gasteiger partial charge in [-0.3, -0.25) is 29.4 Å². The summed E-state index contributed by atoms with van der Waals surface area (Å²) < 4.78 is 0. The number of rotatable bonds is 2. The number of nitro benzene ring substituents is 1. The highest BCUT2D eigenvalue weighted by Crippen LogP contribution is 2.61. The molecule has 168 valence electrons. The topological polar surface area (TPSA) is 113 Å². The molecule has 2 aromatic rings. The quantitative estimate of drug-likeness (QED) is 0.431. The fourth-order valence-corrected chi connectivity index (χ4v) is 6.52. The van der Waals surface area contributed by atoms with Crippen LogP contribution in [-0.2, 0) is 19.9 Å². The Kier molecular flexibility index (Phi) is 3.93. The Morgan fingerprint density at radius 2 is 1.91 bits per heavy atom. The van der Waals surface area contributed by atoms with E-state index in [9.17, 15) is 24.5 Å². The van der Waals surface area contributed by atoms with E-state index in [1.807, 2.05) is 26.0 Å². The minimum atomic E-state index is -1.25. The van der Waals surface area contributed by atoms with Crippen molar-refractivity contribution in [1.29, 1.82) is 0 Å². The maximum absolute atomic E-state index is 13.9. The Morgan fingerprint density at radius 3 is 2.67 bits per heavy atom. The van der Waals surface area contributed by atoms with E-state index in [1.54, 1.807) is 0 Å². The average Bonchev–Trinajstić information content (AvgIpc) is 3.49. The SMILES string of the molecule is Cc1ccc2c(c1C)NC(=O)[C@]21[C@@H]2C(=O)N(c3cccc([N+](=O)[O-])c3)C(=O)[C@@H]2[C@H]2CCCN21. The molecule has 3 saturated heterocycles. The molecule has 0 radical (unpaired) electrons. The Morgan fingerprint density at radius 1 is 1.12 bits per heavy atom. The Balaban J connectivity index is 1.55. The van der Waals surface area contributed by atoms with Gasteiger partial charge in [0, 0.05) is 29.4 Å². The predicted octanol–water partition coefficient (Wildman–Crippen LogP) is 2.64. The molecule has 9 heteroatoms. The molecule has 1 spiro atoms. The number of fused-ring (bicyclic) bond motifs is 7. The number of anilines is 2. The van der Waals surface area contributed by atoms with Gasteiger partial charge in [-0.25, -0.2) is 4.90 Å². The standard InChI is InChI=1S/C24H22N4O5/c1-12-8-9-16-20(13(12)2)25-23(31)24(16)19-18(17-7-4-10-26(17)24)21(29)27(22(19)30)14-5-3-6-15(11-14)28(32)33/h3,5-6,8-9,11,17-19H,4,7,10H2,1-2H3,(H,25,31)/t17-,18-,19+,24-/m1/s1.